The van der Waals surface area contributed by atoms with Gasteiger partial charge in [-0.05, 0) is 24.3 Å². The molecule has 3 aromatic heterocycles. The number of nitrogens with zero attached hydrogens (tertiary/aromatic N) is 3. The molecule has 7 nitrogen and oxygen atoms in total. The van der Waals surface area contributed by atoms with Crippen LogP contribution in [0.4, 0.5) is 19.0 Å². The molecule has 1 amide bonds. The third kappa shape index (κ3) is 6.09. The molecule has 2 N–H and O–H groups in total. The Morgan fingerprint density at radius 3 is 2.59 bits per heavy atom. The number of rotatable bonds is 8. The molecule has 0 fully saturated rings. The van der Waals surface area contributed by atoms with Crippen LogP contribution < -0.4 is 10.6 Å². The van der Waals surface area contributed by atoms with Crippen molar-refractivity contribution in [3.05, 3.63) is 65.5 Å². The van der Waals surface area contributed by atoms with E-state index in [2.05, 4.69) is 20.7 Å². The first-order valence-electron chi connectivity index (χ1n) is 8.96. The number of hydrogen-bond donors (Lipinski definition) is 2. The fourth-order valence-corrected chi connectivity index (χ4v) is 2.57. The maximum Gasteiger partial charge on any atom is 0.408 e. The Labute approximate surface area is 164 Å². The van der Waals surface area contributed by atoms with Gasteiger partial charge in [-0.1, -0.05) is 6.92 Å². The van der Waals surface area contributed by atoms with Gasteiger partial charge in [0.1, 0.15) is 23.9 Å². The highest BCUT2D eigenvalue weighted by Gasteiger charge is 2.28. The molecule has 0 spiro atoms. The molecule has 0 aliphatic heterocycles. The number of anilines is 1. The quantitative estimate of drug-likeness (QED) is 0.597. The predicted octanol–water partition coefficient (Wildman–Crippen LogP) is 3.54. The summed E-state index contributed by atoms with van der Waals surface area (Å²) in [6.07, 6.45) is 0.573. The summed E-state index contributed by atoms with van der Waals surface area (Å²) in [5, 5.41) is 9.41. The van der Waals surface area contributed by atoms with Gasteiger partial charge < -0.3 is 15.1 Å². The van der Waals surface area contributed by atoms with Crippen LogP contribution in [0.2, 0.25) is 0 Å². The summed E-state index contributed by atoms with van der Waals surface area (Å²) < 4.78 is 43.4. The minimum atomic E-state index is -4.32. The molecule has 0 atom stereocenters. The number of halogens is 3. The van der Waals surface area contributed by atoms with Crippen LogP contribution in [0.5, 0.6) is 0 Å². The largest absolute Gasteiger partial charge is 0.464 e. The van der Waals surface area contributed by atoms with E-state index in [0.717, 1.165) is 16.9 Å². The first kappa shape index (κ1) is 20.4. The zero-order chi connectivity index (χ0) is 20.9. The molecule has 0 aliphatic carbocycles. The van der Waals surface area contributed by atoms with Crippen molar-refractivity contribution in [2.45, 2.75) is 39.2 Å². The van der Waals surface area contributed by atoms with E-state index in [0.29, 0.717) is 22.7 Å². The Morgan fingerprint density at radius 2 is 1.93 bits per heavy atom. The Kier molecular flexibility index (Phi) is 6.20. The van der Waals surface area contributed by atoms with Crippen molar-refractivity contribution in [1.29, 1.82) is 0 Å². The zero-order valence-electron chi connectivity index (χ0n) is 15.7. The number of nitrogens with one attached hydrogen (secondary N) is 2. The maximum absolute atomic E-state index is 12.3. The van der Waals surface area contributed by atoms with Gasteiger partial charge in [-0.3, -0.25) is 9.48 Å². The van der Waals surface area contributed by atoms with Gasteiger partial charge in [0.25, 0.3) is 5.91 Å². The number of hydrogen-bond acceptors (Lipinski definition) is 5. The molecule has 0 bridgehead atoms. The predicted molar refractivity (Wildman–Crippen MR) is 99.1 cm³/mol. The summed E-state index contributed by atoms with van der Waals surface area (Å²) in [5.74, 6) is 1.73. The van der Waals surface area contributed by atoms with E-state index in [1.54, 1.807) is 12.1 Å². The van der Waals surface area contributed by atoms with E-state index < -0.39 is 12.7 Å². The molecule has 0 unspecified atom stereocenters. The van der Waals surface area contributed by atoms with Crippen LogP contribution in [0.1, 0.15) is 34.4 Å². The highest BCUT2D eigenvalue weighted by Crippen LogP contribution is 2.17. The summed E-state index contributed by atoms with van der Waals surface area (Å²) in [5.41, 5.74) is 0.971. The van der Waals surface area contributed by atoms with Gasteiger partial charge in [-0.15, -0.1) is 0 Å². The number of aromatic nitrogens is 3. The van der Waals surface area contributed by atoms with Crippen molar-refractivity contribution in [3.63, 3.8) is 0 Å². The monoisotopic (exact) mass is 407 g/mol. The highest BCUT2D eigenvalue weighted by molar-refractivity contribution is 5.93. The fraction of sp³-hybridized carbons (Fsp3) is 0.316. The van der Waals surface area contributed by atoms with Crippen molar-refractivity contribution in [1.82, 2.24) is 20.1 Å². The van der Waals surface area contributed by atoms with Gasteiger partial charge >= 0.3 is 6.18 Å². The number of furan rings is 1. The molecule has 0 saturated heterocycles. The van der Waals surface area contributed by atoms with Gasteiger partial charge in [0.05, 0.1) is 18.3 Å². The third-order valence-corrected chi connectivity index (χ3v) is 4.02. The molecule has 3 rings (SSSR count). The lowest BCUT2D eigenvalue weighted by Gasteiger charge is -2.07. The normalized spacial score (nSPS) is 11.4. The van der Waals surface area contributed by atoms with Gasteiger partial charge in [0.2, 0.25) is 0 Å². The molecular formula is C19H20F3N5O2. The first-order chi connectivity index (χ1) is 13.8. The molecule has 0 saturated carbocycles. The maximum atomic E-state index is 12.3. The topological polar surface area (TPSA) is 85.0 Å². The van der Waals surface area contributed by atoms with Crippen LogP contribution in [-0.2, 0) is 26.1 Å². The lowest BCUT2D eigenvalue weighted by atomic mass is 10.2. The fourth-order valence-electron chi connectivity index (χ4n) is 2.57. The summed E-state index contributed by atoms with van der Waals surface area (Å²) in [6, 6.07) is 6.92. The minimum absolute atomic E-state index is 0.259. The van der Waals surface area contributed by atoms with Crippen molar-refractivity contribution < 1.29 is 22.4 Å². The van der Waals surface area contributed by atoms with Crippen molar-refractivity contribution in [2.75, 3.05) is 5.32 Å². The molecule has 154 valence electrons. The standard InChI is InChI=1S/C19H20F3N5O2/c1-2-15-4-5-16(29-15)10-25-18(28)14-3-6-17(24-9-14)23-7-13-8-26-27(11-13)12-19(20,21)22/h3-6,8-9,11H,2,7,10,12H2,1H3,(H,23,24)(H,25,28). The Morgan fingerprint density at radius 1 is 1.14 bits per heavy atom. The zero-order valence-corrected chi connectivity index (χ0v) is 15.7. The van der Waals surface area contributed by atoms with Crippen molar-refractivity contribution in [3.8, 4) is 0 Å². The van der Waals surface area contributed by atoms with Gasteiger partial charge in [-0.25, -0.2) is 4.98 Å². The van der Waals surface area contributed by atoms with E-state index in [1.165, 1.54) is 18.6 Å². The summed E-state index contributed by atoms with van der Waals surface area (Å²) in [4.78, 5) is 16.3. The average Bonchev–Trinajstić information content (AvgIpc) is 3.32. The molecule has 3 aromatic rings. The second-order valence-corrected chi connectivity index (χ2v) is 6.35. The lowest BCUT2D eigenvalue weighted by molar-refractivity contribution is -0.142. The van der Waals surface area contributed by atoms with Crippen LogP contribution >= 0.6 is 0 Å². The molecular weight excluding hydrogens is 387 g/mol. The minimum Gasteiger partial charge on any atom is -0.464 e. The lowest BCUT2D eigenvalue weighted by Crippen LogP contribution is -2.22. The number of amides is 1. The van der Waals surface area contributed by atoms with Crippen molar-refractivity contribution in [2.24, 2.45) is 0 Å². The molecule has 0 aromatic carbocycles. The average molecular weight is 407 g/mol. The van der Waals surface area contributed by atoms with Gasteiger partial charge in [0, 0.05) is 30.9 Å². The Hall–Kier alpha value is -3.30. The Balaban J connectivity index is 1.48. The van der Waals surface area contributed by atoms with E-state index in [-0.39, 0.29) is 19.0 Å². The van der Waals surface area contributed by atoms with E-state index >= 15 is 0 Å². The number of alkyl halides is 3. The third-order valence-electron chi connectivity index (χ3n) is 4.02. The first-order valence-corrected chi connectivity index (χ1v) is 8.96. The SMILES string of the molecule is CCc1ccc(CNC(=O)c2ccc(NCc3cnn(CC(F)(F)F)c3)nc2)o1. The number of pyridine rings is 1. The van der Waals surface area contributed by atoms with Crippen LogP contribution in [0, 0.1) is 0 Å². The summed E-state index contributed by atoms with van der Waals surface area (Å²) >= 11 is 0. The second-order valence-electron chi connectivity index (χ2n) is 6.35. The Bertz CT molecular complexity index is 947. The van der Waals surface area contributed by atoms with E-state index in [9.17, 15) is 18.0 Å². The second kappa shape index (κ2) is 8.80. The smallest absolute Gasteiger partial charge is 0.408 e. The van der Waals surface area contributed by atoms with Crippen LogP contribution in [0.25, 0.3) is 0 Å². The molecule has 0 aliphatic rings. The molecule has 0 radical (unpaired) electrons. The number of carbonyl (C=O) groups is 1. The van der Waals surface area contributed by atoms with Crippen molar-refractivity contribution >= 4 is 11.7 Å². The number of carbonyl (C=O) groups excluding carboxylic acids is 1. The molecule has 10 heteroatoms. The van der Waals surface area contributed by atoms with E-state index in [4.69, 9.17) is 4.42 Å². The van der Waals surface area contributed by atoms with E-state index in [1.807, 2.05) is 19.1 Å². The van der Waals surface area contributed by atoms with Gasteiger partial charge in [0.15, 0.2) is 0 Å². The summed E-state index contributed by atoms with van der Waals surface area (Å²) in [7, 11) is 0. The molecule has 29 heavy (non-hydrogen) atoms. The van der Waals surface area contributed by atoms with Crippen LogP contribution in [-0.4, -0.2) is 26.8 Å². The molecule has 3 heterocycles. The van der Waals surface area contributed by atoms with Crippen LogP contribution in [0.3, 0.4) is 0 Å². The number of aryl methyl sites for hydroxylation is 1. The highest BCUT2D eigenvalue weighted by atomic mass is 19.4. The van der Waals surface area contributed by atoms with Crippen LogP contribution in [0.15, 0.2) is 47.3 Å². The summed E-state index contributed by atoms with van der Waals surface area (Å²) in [6.45, 7) is 1.39. The van der Waals surface area contributed by atoms with Gasteiger partial charge in [-0.2, -0.15) is 18.3 Å².